The topological polar surface area (TPSA) is 73.4 Å². The van der Waals surface area contributed by atoms with Gasteiger partial charge in [0.05, 0.1) is 29.5 Å². The molecule has 0 aromatic carbocycles. The standard InChI is InChI=1S/C14H22N4O2S/c1-8(2)20-7-6-17(4)13(19)12-11(15)10-9(3)16-18(5)14(10)21-12/h8H,6-7,15H2,1-5H3. The van der Waals surface area contributed by atoms with Gasteiger partial charge in [-0.3, -0.25) is 9.48 Å². The van der Waals surface area contributed by atoms with Crippen LogP contribution in [0.15, 0.2) is 0 Å². The largest absolute Gasteiger partial charge is 0.397 e. The number of hydrogen-bond donors (Lipinski definition) is 1. The molecule has 2 N–H and O–H groups in total. The minimum atomic E-state index is -0.0690. The number of fused-ring (bicyclic) bond motifs is 1. The lowest BCUT2D eigenvalue weighted by atomic mass is 10.2. The molecule has 2 rings (SSSR count). The molecule has 0 fully saturated rings. The fraction of sp³-hybridized carbons (Fsp3) is 0.571. The Labute approximate surface area is 128 Å². The maximum atomic E-state index is 12.5. The molecule has 0 spiro atoms. The molecule has 0 radical (unpaired) electrons. The summed E-state index contributed by atoms with van der Waals surface area (Å²) in [6.07, 6.45) is 0.164. The molecule has 0 bridgehead atoms. The van der Waals surface area contributed by atoms with Crippen LogP contribution in [0.2, 0.25) is 0 Å². The number of ether oxygens (including phenoxy) is 1. The Morgan fingerprint density at radius 1 is 1.52 bits per heavy atom. The van der Waals surface area contributed by atoms with E-state index in [4.69, 9.17) is 10.5 Å². The summed E-state index contributed by atoms with van der Waals surface area (Å²) in [5, 5.41) is 5.21. The normalized spacial score (nSPS) is 11.5. The van der Waals surface area contributed by atoms with Crippen molar-refractivity contribution < 1.29 is 9.53 Å². The molecule has 2 heterocycles. The average molecular weight is 310 g/mol. The first-order valence-electron chi connectivity index (χ1n) is 6.91. The van der Waals surface area contributed by atoms with Gasteiger partial charge in [0.15, 0.2) is 0 Å². The third kappa shape index (κ3) is 3.03. The van der Waals surface area contributed by atoms with Crippen LogP contribution in [-0.2, 0) is 11.8 Å². The molecule has 0 unspecified atom stereocenters. The van der Waals surface area contributed by atoms with Crippen molar-refractivity contribution in [1.29, 1.82) is 0 Å². The smallest absolute Gasteiger partial charge is 0.265 e. The maximum Gasteiger partial charge on any atom is 0.265 e. The van der Waals surface area contributed by atoms with Gasteiger partial charge in [-0.2, -0.15) is 5.10 Å². The summed E-state index contributed by atoms with van der Waals surface area (Å²) in [6, 6.07) is 0. The Hall–Kier alpha value is -1.60. The summed E-state index contributed by atoms with van der Waals surface area (Å²) in [5.41, 5.74) is 7.53. The van der Waals surface area contributed by atoms with E-state index in [1.54, 1.807) is 16.6 Å². The fourth-order valence-corrected chi connectivity index (χ4v) is 3.37. The summed E-state index contributed by atoms with van der Waals surface area (Å²) in [4.78, 5) is 15.7. The molecule has 0 aliphatic rings. The Morgan fingerprint density at radius 3 is 2.76 bits per heavy atom. The number of carbonyl (C=O) groups excluding carboxylic acids is 1. The van der Waals surface area contributed by atoms with Crippen LogP contribution in [0, 0.1) is 6.92 Å². The quantitative estimate of drug-likeness (QED) is 0.917. The zero-order valence-corrected chi connectivity index (χ0v) is 14.0. The highest BCUT2D eigenvalue weighted by atomic mass is 32.1. The Morgan fingerprint density at radius 2 is 2.19 bits per heavy atom. The van der Waals surface area contributed by atoms with Gasteiger partial charge >= 0.3 is 0 Å². The first-order chi connectivity index (χ1) is 9.82. The van der Waals surface area contributed by atoms with Gasteiger partial charge in [-0.25, -0.2) is 0 Å². The van der Waals surface area contributed by atoms with Crippen LogP contribution in [-0.4, -0.2) is 46.9 Å². The van der Waals surface area contributed by atoms with Crippen molar-refractivity contribution in [3.63, 3.8) is 0 Å². The van der Waals surface area contributed by atoms with E-state index in [1.807, 2.05) is 27.8 Å². The highest BCUT2D eigenvalue weighted by molar-refractivity contribution is 7.21. The number of nitrogen functional groups attached to an aromatic ring is 1. The van der Waals surface area contributed by atoms with Crippen molar-refractivity contribution in [1.82, 2.24) is 14.7 Å². The van der Waals surface area contributed by atoms with Gasteiger partial charge < -0.3 is 15.4 Å². The van der Waals surface area contributed by atoms with Crippen LogP contribution in [0.25, 0.3) is 10.2 Å². The van der Waals surface area contributed by atoms with Crippen LogP contribution < -0.4 is 5.73 Å². The van der Waals surface area contributed by atoms with Crippen molar-refractivity contribution in [2.75, 3.05) is 25.9 Å². The van der Waals surface area contributed by atoms with Gasteiger partial charge in [0.25, 0.3) is 5.91 Å². The first-order valence-corrected chi connectivity index (χ1v) is 7.73. The van der Waals surface area contributed by atoms with Crippen LogP contribution >= 0.6 is 11.3 Å². The van der Waals surface area contributed by atoms with Gasteiger partial charge in [0, 0.05) is 20.6 Å². The number of likely N-dealkylation sites (N-methyl/N-ethyl adjacent to an activating group) is 1. The second-order valence-electron chi connectivity index (χ2n) is 5.38. The second-order valence-corrected chi connectivity index (χ2v) is 6.38. The molecule has 0 saturated heterocycles. The molecular formula is C14H22N4O2S. The molecule has 1 amide bonds. The van der Waals surface area contributed by atoms with E-state index < -0.39 is 0 Å². The Bertz CT molecular complexity index is 660. The molecule has 7 heteroatoms. The molecule has 2 aromatic rings. The second kappa shape index (κ2) is 6.03. The summed E-state index contributed by atoms with van der Waals surface area (Å²) in [6.45, 7) is 6.91. The summed E-state index contributed by atoms with van der Waals surface area (Å²) in [5.74, 6) is -0.0690. The van der Waals surface area contributed by atoms with E-state index in [2.05, 4.69) is 5.10 Å². The third-order valence-electron chi connectivity index (χ3n) is 3.30. The summed E-state index contributed by atoms with van der Waals surface area (Å²) >= 11 is 1.39. The molecular weight excluding hydrogens is 288 g/mol. The van der Waals surface area contributed by atoms with Crippen molar-refractivity contribution in [3.05, 3.63) is 10.6 Å². The average Bonchev–Trinajstić information content (AvgIpc) is 2.88. The zero-order valence-electron chi connectivity index (χ0n) is 13.1. The molecule has 116 valence electrons. The molecule has 2 aromatic heterocycles. The number of carbonyl (C=O) groups is 1. The molecule has 0 atom stereocenters. The SMILES string of the molecule is Cc1nn(C)c2sc(C(=O)N(C)CCOC(C)C)c(N)c12. The number of amides is 1. The molecule has 0 saturated carbocycles. The predicted molar refractivity (Wildman–Crippen MR) is 85.8 cm³/mol. The van der Waals surface area contributed by atoms with E-state index in [0.717, 1.165) is 15.9 Å². The van der Waals surface area contributed by atoms with Crippen LogP contribution in [0.5, 0.6) is 0 Å². The summed E-state index contributed by atoms with van der Waals surface area (Å²) < 4.78 is 7.24. The number of thiophene rings is 1. The maximum absolute atomic E-state index is 12.5. The lowest BCUT2D eigenvalue weighted by Crippen LogP contribution is -2.30. The minimum Gasteiger partial charge on any atom is -0.397 e. The number of aryl methyl sites for hydroxylation is 2. The highest BCUT2D eigenvalue weighted by Crippen LogP contribution is 2.35. The van der Waals surface area contributed by atoms with E-state index in [9.17, 15) is 4.79 Å². The number of hydrogen-bond acceptors (Lipinski definition) is 5. The molecule has 21 heavy (non-hydrogen) atoms. The number of nitrogens with two attached hydrogens (primary N) is 1. The van der Waals surface area contributed by atoms with Gasteiger partial charge in [0.2, 0.25) is 0 Å². The van der Waals surface area contributed by atoms with E-state index >= 15 is 0 Å². The number of nitrogens with zero attached hydrogens (tertiary/aromatic N) is 3. The van der Waals surface area contributed by atoms with Gasteiger partial charge in [-0.15, -0.1) is 11.3 Å². The van der Waals surface area contributed by atoms with E-state index in [0.29, 0.717) is 23.7 Å². The molecule has 0 aliphatic carbocycles. The summed E-state index contributed by atoms with van der Waals surface area (Å²) in [7, 11) is 3.63. The van der Waals surface area contributed by atoms with Gasteiger partial charge in [-0.1, -0.05) is 0 Å². The molecule has 0 aliphatic heterocycles. The van der Waals surface area contributed by atoms with Crippen LogP contribution in [0.1, 0.15) is 29.2 Å². The Kier molecular flexibility index (Phi) is 4.53. The van der Waals surface area contributed by atoms with E-state index in [-0.39, 0.29) is 12.0 Å². The van der Waals surface area contributed by atoms with E-state index in [1.165, 1.54) is 11.3 Å². The van der Waals surface area contributed by atoms with Crippen molar-refractivity contribution in [2.45, 2.75) is 26.9 Å². The van der Waals surface area contributed by atoms with Crippen LogP contribution in [0.3, 0.4) is 0 Å². The lowest BCUT2D eigenvalue weighted by Gasteiger charge is -2.17. The van der Waals surface area contributed by atoms with Crippen molar-refractivity contribution >= 4 is 33.1 Å². The van der Waals surface area contributed by atoms with Gasteiger partial charge in [0.1, 0.15) is 9.71 Å². The lowest BCUT2D eigenvalue weighted by molar-refractivity contribution is 0.0535. The van der Waals surface area contributed by atoms with Crippen molar-refractivity contribution in [2.24, 2.45) is 7.05 Å². The van der Waals surface area contributed by atoms with Gasteiger partial charge in [-0.05, 0) is 20.8 Å². The first kappa shape index (κ1) is 15.8. The minimum absolute atomic E-state index is 0.0690. The Balaban J connectivity index is 2.19. The predicted octanol–water partition coefficient (Wildman–Crippen LogP) is 2.02. The number of anilines is 1. The third-order valence-corrected chi connectivity index (χ3v) is 4.56. The highest BCUT2D eigenvalue weighted by Gasteiger charge is 2.23. The van der Waals surface area contributed by atoms with Crippen molar-refractivity contribution in [3.8, 4) is 0 Å². The monoisotopic (exact) mass is 310 g/mol. The number of aromatic nitrogens is 2. The molecule has 6 nitrogen and oxygen atoms in total. The van der Waals surface area contributed by atoms with Crippen LogP contribution in [0.4, 0.5) is 5.69 Å². The zero-order chi connectivity index (χ0) is 15.7. The fourth-order valence-electron chi connectivity index (χ4n) is 2.19. The number of rotatable bonds is 5.